The van der Waals surface area contributed by atoms with Gasteiger partial charge in [0, 0.05) is 49.2 Å². The van der Waals surface area contributed by atoms with Gasteiger partial charge in [0.05, 0.1) is 44.8 Å². The number of hydrogen-bond donors (Lipinski definition) is 0. The van der Waals surface area contributed by atoms with E-state index in [0.29, 0.717) is 0 Å². The van der Waals surface area contributed by atoms with E-state index in [9.17, 15) is 0 Å². The third kappa shape index (κ3) is 6.30. The fourth-order valence-corrected chi connectivity index (χ4v) is 9.34. The van der Waals surface area contributed by atoms with Crippen molar-refractivity contribution < 1.29 is 0 Å². The van der Waals surface area contributed by atoms with E-state index in [2.05, 4.69) is 220 Å². The Morgan fingerprint density at radius 3 is 0.984 bits per heavy atom. The molecule has 4 nitrogen and oxygen atoms in total. The molecule has 0 aliphatic heterocycles. The quantitative estimate of drug-likeness (QED) is 0.157. The van der Waals surface area contributed by atoms with E-state index in [0.717, 1.165) is 88.6 Å². The minimum absolute atomic E-state index is 0.235. The van der Waals surface area contributed by atoms with Crippen LogP contribution in [0.1, 0.15) is 25.0 Å². The molecule has 0 saturated heterocycles. The van der Waals surface area contributed by atoms with Gasteiger partial charge in [-0.15, -0.1) is 0 Å². The second kappa shape index (κ2) is 14.5. The fraction of sp³-hybridized carbons (Fsp3) is 0.0508. The predicted molar refractivity (Wildman–Crippen MR) is 263 cm³/mol. The van der Waals surface area contributed by atoms with E-state index in [4.69, 9.17) is 19.9 Å². The van der Waals surface area contributed by atoms with Crippen LogP contribution in [0.5, 0.6) is 0 Å². The Morgan fingerprint density at radius 1 is 0.270 bits per heavy atom. The summed E-state index contributed by atoms with van der Waals surface area (Å²) in [5, 5.41) is 9.10. The first-order valence-electron chi connectivity index (χ1n) is 21.5. The summed E-state index contributed by atoms with van der Waals surface area (Å²) in [6.45, 7) is 4.58. The molecule has 0 unspecified atom stereocenters. The molecule has 8 aromatic carbocycles. The van der Waals surface area contributed by atoms with Gasteiger partial charge < -0.3 is 0 Å². The Kier molecular flexibility index (Phi) is 8.48. The Balaban J connectivity index is 0.839. The molecule has 12 rings (SSSR count). The zero-order chi connectivity index (χ0) is 42.1. The molecule has 296 valence electrons. The molecule has 63 heavy (non-hydrogen) atoms. The van der Waals surface area contributed by atoms with Crippen molar-refractivity contribution in [1.82, 2.24) is 19.9 Å². The zero-order valence-electron chi connectivity index (χ0n) is 34.9. The molecule has 0 radical (unpaired) electrons. The van der Waals surface area contributed by atoms with Crippen LogP contribution >= 0.6 is 0 Å². The van der Waals surface area contributed by atoms with Gasteiger partial charge in [0.1, 0.15) is 0 Å². The molecule has 0 bridgehead atoms. The number of hydrogen-bond acceptors (Lipinski definition) is 4. The standard InChI is InChI=1S/C59H40N4/c1-59(2,45-29-21-39(22-30-45)51-33-25-41-17-19-43-27-35-53(62-57(43)55(41)60-51)49-15-7-11-37-9-3-5-13-47(37)49)46-31-23-40(24-32-46)52-34-26-42-18-20-44-28-36-54(63-58(44)56(42)61-52)50-16-8-12-38-10-4-6-14-48(38)50/h3-36H,1-2H3. The number of rotatable bonds is 6. The lowest BCUT2D eigenvalue weighted by Gasteiger charge is -2.26. The van der Waals surface area contributed by atoms with Crippen LogP contribution in [-0.2, 0) is 5.41 Å². The Hall–Kier alpha value is -8.08. The number of fused-ring (bicyclic) bond motifs is 8. The zero-order valence-corrected chi connectivity index (χ0v) is 34.9. The maximum absolute atomic E-state index is 5.25. The Labute approximate surface area is 365 Å². The molecule has 0 atom stereocenters. The normalized spacial score (nSPS) is 12.0. The summed E-state index contributed by atoms with van der Waals surface area (Å²) in [5.74, 6) is 0. The lowest BCUT2D eigenvalue weighted by molar-refractivity contribution is 0.641. The van der Waals surface area contributed by atoms with Crippen molar-refractivity contribution in [3.63, 3.8) is 0 Å². The van der Waals surface area contributed by atoms with E-state index in [-0.39, 0.29) is 5.41 Å². The van der Waals surface area contributed by atoms with Crippen LogP contribution in [0, 0.1) is 0 Å². The highest BCUT2D eigenvalue weighted by Crippen LogP contribution is 2.37. The van der Waals surface area contributed by atoms with E-state index < -0.39 is 0 Å². The van der Waals surface area contributed by atoms with Crippen molar-refractivity contribution in [1.29, 1.82) is 0 Å². The van der Waals surface area contributed by atoms with Crippen LogP contribution in [0.25, 0.3) is 110 Å². The molecule has 12 aromatic rings. The summed E-state index contributed by atoms with van der Waals surface area (Å²) in [7, 11) is 0. The van der Waals surface area contributed by atoms with Gasteiger partial charge in [0.15, 0.2) is 0 Å². The molecular formula is C59H40N4. The average Bonchev–Trinajstić information content (AvgIpc) is 3.35. The molecule has 0 fully saturated rings. The topological polar surface area (TPSA) is 51.6 Å². The SMILES string of the molecule is CC(C)(c1ccc(-c2ccc3ccc4ccc(-c5cccc6ccccc56)nc4c3n2)cc1)c1ccc(-c2ccc3ccc4ccc(-c5cccc6ccccc56)nc4c3n2)cc1. The van der Waals surface area contributed by atoms with Crippen molar-refractivity contribution in [2.24, 2.45) is 0 Å². The molecule has 4 heteroatoms. The number of aromatic nitrogens is 4. The van der Waals surface area contributed by atoms with Crippen LogP contribution in [0.15, 0.2) is 206 Å². The molecular weight excluding hydrogens is 765 g/mol. The summed E-state index contributed by atoms with van der Waals surface area (Å²) >= 11 is 0. The lowest BCUT2D eigenvalue weighted by atomic mass is 9.77. The van der Waals surface area contributed by atoms with Crippen molar-refractivity contribution >= 4 is 65.2 Å². The lowest BCUT2D eigenvalue weighted by Crippen LogP contribution is -2.18. The molecule has 4 heterocycles. The van der Waals surface area contributed by atoms with Crippen LogP contribution in [0.3, 0.4) is 0 Å². The molecule has 0 saturated carbocycles. The number of pyridine rings is 4. The van der Waals surface area contributed by atoms with E-state index in [1.807, 2.05) is 0 Å². The van der Waals surface area contributed by atoms with E-state index in [1.165, 1.54) is 32.7 Å². The number of nitrogens with zero attached hydrogens (tertiary/aromatic N) is 4. The summed E-state index contributed by atoms with van der Waals surface area (Å²) < 4.78 is 0. The molecule has 0 amide bonds. The van der Waals surface area contributed by atoms with Gasteiger partial charge in [0.25, 0.3) is 0 Å². The van der Waals surface area contributed by atoms with Gasteiger partial charge in [-0.1, -0.05) is 196 Å². The van der Waals surface area contributed by atoms with Crippen molar-refractivity contribution in [3.8, 4) is 45.0 Å². The minimum Gasteiger partial charge on any atom is -0.245 e. The third-order valence-corrected chi connectivity index (χ3v) is 13.0. The highest BCUT2D eigenvalue weighted by Gasteiger charge is 2.24. The monoisotopic (exact) mass is 804 g/mol. The first-order chi connectivity index (χ1) is 30.9. The second-order valence-corrected chi connectivity index (χ2v) is 17.0. The predicted octanol–water partition coefficient (Wildman–Crippen LogP) is 15.2. The largest absolute Gasteiger partial charge is 0.245 e. The Morgan fingerprint density at radius 2 is 0.587 bits per heavy atom. The van der Waals surface area contributed by atoms with Crippen LogP contribution < -0.4 is 0 Å². The van der Waals surface area contributed by atoms with Gasteiger partial charge in [-0.25, -0.2) is 19.9 Å². The average molecular weight is 805 g/mol. The summed E-state index contributed by atoms with van der Waals surface area (Å²) in [5.41, 5.74) is 14.0. The molecule has 0 N–H and O–H groups in total. The third-order valence-electron chi connectivity index (χ3n) is 13.0. The van der Waals surface area contributed by atoms with E-state index >= 15 is 0 Å². The van der Waals surface area contributed by atoms with Gasteiger partial charge >= 0.3 is 0 Å². The number of benzene rings is 8. The first-order valence-corrected chi connectivity index (χ1v) is 21.5. The maximum Gasteiger partial charge on any atom is 0.0972 e. The molecule has 4 aromatic heterocycles. The molecule has 0 aliphatic rings. The smallest absolute Gasteiger partial charge is 0.0972 e. The van der Waals surface area contributed by atoms with Gasteiger partial charge in [-0.05, 0) is 56.9 Å². The van der Waals surface area contributed by atoms with Gasteiger partial charge in [0.2, 0.25) is 0 Å². The summed E-state index contributed by atoms with van der Waals surface area (Å²) in [6.07, 6.45) is 0. The summed E-state index contributed by atoms with van der Waals surface area (Å²) in [6, 6.07) is 73.2. The van der Waals surface area contributed by atoms with Crippen LogP contribution in [0.2, 0.25) is 0 Å². The van der Waals surface area contributed by atoms with Crippen LogP contribution in [0.4, 0.5) is 0 Å². The van der Waals surface area contributed by atoms with Crippen molar-refractivity contribution in [2.75, 3.05) is 0 Å². The highest BCUT2D eigenvalue weighted by atomic mass is 14.8. The Bertz CT molecular complexity index is 3500. The first kappa shape index (κ1) is 36.7. The minimum atomic E-state index is -0.235. The van der Waals surface area contributed by atoms with E-state index in [1.54, 1.807) is 0 Å². The summed E-state index contributed by atoms with van der Waals surface area (Å²) in [4.78, 5) is 21.0. The van der Waals surface area contributed by atoms with Gasteiger partial charge in [-0.2, -0.15) is 0 Å². The molecule has 0 aliphatic carbocycles. The maximum atomic E-state index is 5.25. The molecule has 0 spiro atoms. The highest BCUT2D eigenvalue weighted by molar-refractivity contribution is 6.07. The van der Waals surface area contributed by atoms with Gasteiger partial charge in [-0.3, -0.25) is 0 Å². The fourth-order valence-electron chi connectivity index (χ4n) is 9.34. The van der Waals surface area contributed by atoms with Crippen molar-refractivity contribution in [2.45, 2.75) is 19.3 Å². The van der Waals surface area contributed by atoms with Crippen LogP contribution in [-0.4, -0.2) is 19.9 Å². The second-order valence-electron chi connectivity index (χ2n) is 17.0. The van der Waals surface area contributed by atoms with Crippen molar-refractivity contribution in [3.05, 3.63) is 217 Å².